The number of anilines is 1. The number of fused-ring (bicyclic) bond motifs is 1. The number of aliphatic imine (C=N–C) groups is 1. The molecule has 7 heteroatoms. The Morgan fingerprint density at radius 2 is 1.67 bits per heavy atom. The number of aromatic nitrogens is 2. The van der Waals surface area contributed by atoms with Crippen LogP contribution >= 0.6 is 0 Å². The highest BCUT2D eigenvalue weighted by atomic mass is 19.4. The van der Waals surface area contributed by atoms with Crippen LogP contribution in [0.4, 0.5) is 18.9 Å². The van der Waals surface area contributed by atoms with Crippen LogP contribution in [-0.4, -0.2) is 15.8 Å². The van der Waals surface area contributed by atoms with Crippen molar-refractivity contribution >= 4 is 22.9 Å². The number of halogens is 3. The molecule has 1 atom stereocenters. The Hall–Kier alpha value is -3.09. The van der Waals surface area contributed by atoms with E-state index in [0.29, 0.717) is 5.69 Å². The first kappa shape index (κ1) is 17.3. The van der Waals surface area contributed by atoms with E-state index in [1.165, 1.54) is 12.1 Å². The van der Waals surface area contributed by atoms with Gasteiger partial charge in [-0.3, -0.25) is 4.57 Å². The van der Waals surface area contributed by atoms with Gasteiger partial charge in [-0.25, -0.2) is 9.98 Å². The number of hydrogen-bond donors (Lipinski definition) is 0. The smallest absolute Gasteiger partial charge is 0.308 e. The maximum Gasteiger partial charge on any atom is 0.416 e. The van der Waals surface area contributed by atoms with E-state index in [2.05, 4.69) is 9.98 Å². The molecule has 0 bridgehead atoms. The molecule has 4 nitrogen and oxygen atoms in total. The number of rotatable bonds is 2. The van der Waals surface area contributed by atoms with Crippen molar-refractivity contribution in [3.63, 3.8) is 0 Å². The van der Waals surface area contributed by atoms with E-state index in [1.807, 2.05) is 53.8 Å². The number of para-hydroxylation sites is 2. The van der Waals surface area contributed by atoms with E-state index in [4.69, 9.17) is 0 Å². The molecular weight excluding hydrogens is 353 g/mol. The number of allylic oxidation sites excluding steroid dienone is 1. The summed E-state index contributed by atoms with van der Waals surface area (Å²) < 4.78 is 40.6. The molecule has 1 aromatic heterocycles. The van der Waals surface area contributed by atoms with Crippen molar-refractivity contribution in [2.24, 2.45) is 4.99 Å². The molecule has 138 valence electrons. The first-order valence-electron chi connectivity index (χ1n) is 8.45. The molecule has 1 aliphatic rings. The van der Waals surface area contributed by atoms with Gasteiger partial charge in [-0.1, -0.05) is 12.1 Å². The fraction of sp³-hybridized carbons (Fsp3) is 0.200. The van der Waals surface area contributed by atoms with Gasteiger partial charge in [0.2, 0.25) is 6.29 Å². The van der Waals surface area contributed by atoms with Gasteiger partial charge in [0.05, 0.1) is 16.6 Å². The van der Waals surface area contributed by atoms with E-state index in [1.54, 1.807) is 6.21 Å². The monoisotopic (exact) mass is 370 g/mol. The molecule has 0 amide bonds. The molecule has 0 radical (unpaired) electrons. The molecule has 3 aromatic rings. The van der Waals surface area contributed by atoms with Crippen LogP contribution < -0.4 is 4.90 Å². The fourth-order valence-corrected chi connectivity index (χ4v) is 3.25. The zero-order valence-corrected chi connectivity index (χ0v) is 14.8. The van der Waals surface area contributed by atoms with Gasteiger partial charge < -0.3 is 4.90 Å². The van der Waals surface area contributed by atoms with Crippen molar-refractivity contribution in [1.29, 1.82) is 0 Å². The minimum Gasteiger partial charge on any atom is -0.308 e. The lowest BCUT2D eigenvalue weighted by Crippen LogP contribution is -2.30. The van der Waals surface area contributed by atoms with Crippen LogP contribution in [0.15, 0.2) is 65.3 Å². The molecule has 2 heterocycles. The summed E-state index contributed by atoms with van der Waals surface area (Å²) in [6.07, 6.45) is -1.17. The second-order valence-corrected chi connectivity index (χ2v) is 6.47. The Morgan fingerprint density at radius 3 is 2.37 bits per heavy atom. The molecule has 4 rings (SSSR count). The third kappa shape index (κ3) is 3.09. The maximum absolute atomic E-state index is 12.9. The summed E-state index contributed by atoms with van der Waals surface area (Å²) >= 11 is 0. The van der Waals surface area contributed by atoms with Gasteiger partial charge in [-0.05, 0) is 55.8 Å². The molecule has 1 aliphatic heterocycles. The number of imidazole rings is 1. The molecule has 0 saturated heterocycles. The highest BCUT2D eigenvalue weighted by Crippen LogP contribution is 2.34. The number of nitrogens with zero attached hydrogens (tertiary/aromatic N) is 4. The van der Waals surface area contributed by atoms with Crippen LogP contribution in [0.2, 0.25) is 0 Å². The van der Waals surface area contributed by atoms with Crippen LogP contribution in [0, 0.1) is 6.92 Å². The van der Waals surface area contributed by atoms with Crippen molar-refractivity contribution < 1.29 is 13.2 Å². The highest BCUT2D eigenvalue weighted by molar-refractivity contribution is 5.81. The van der Waals surface area contributed by atoms with Gasteiger partial charge in [0, 0.05) is 18.1 Å². The van der Waals surface area contributed by atoms with Crippen LogP contribution in [-0.2, 0) is 6.18 Å². The van der Waals surface area contributed by atoms with Crippen LogP contribution in [0.3, 0.4) is 0 Å². The van der Waals surface area contributed by atoms with Crippen molar-refractivity contribution in [1.82, 2.24) is 9.55 Å². The minimum absolute atomic E-state index is 0.460. The normalized spacial score (nSPS) is 17.4. The van der Waals surface area contributed by atoms with Gasteiger partial charge in [-0.15, -0.1) is 0 Å². The average Bonchev–Trinajstić information content (AvgIpc) is 2.97. The number of hydrogen-bond acceptors (Lipinski definition) is 3. The molecule has 0 N–H and O–H groups in total. The number of alkyl halides is 3. The SMILES string of the molecule is CC1=CN(c2ccc(C(F)(F)F)cc2)C(n2c(C)nc3ccccc32)N=C1. The van der Waals surface area contributed by atoms with Crippen molar-refractivity contribution in [3.8, 4) is 0 Å². The quantitative estimate of drug-likeness (QED) is 0.612. The second kappa shape index (κ2) is 6.26. The molecule has 0 saturated carbocycles. The third-order valence-corrected chi connectivity index (χ3v) is 4.50. The molecule has 0 aliphatic carbocycles. The Balaban J connectivity index is 1.80. The van der Waals surface area contributed by atoms with Gasteiger partial charge >= 0.3 is 6.18 Å². The highest BCUT2D eigenvalue weighted by Gasteiger charge is 2.31. The maximum atomic E-state index is 12.9. The fourth-order valence-electron chi connectivity index (χ4n) is 3.25. The largest absolute Gasteiger partial charge is 0.416 e. The Morgan fingerprint density at radius 1 is 0.963 bits per heavy atom. The van der Waals surface area contributed by atoms with Crippen molar-refractivity contribution in [2.75, 3.05) is 4.90 Å². The number of aryl methyl sites for hydroxylation is 1. The lowest BCUT2D eigenvalue weighted by atomic mass is 10.2. The summed E-state index contributed by atoms with van der Waals surface area (Å²) in [6.45, 7) is 3.79. The third-order valence-electron chi connectivity index (χ3n) is 4.50. The predicted octanol–water partition coefficient (Wildman–Crippen LogP) is 5.31. The molecule has 1 unspecified atom stereocenters. The Bertz CT molecular complexity index is 1050. The van der Waals surface area contributed by atoms with Gasteiger partial charge in [0.1, 0.15) is 5.82 Å². The Kier molecular flexibility index (Phi) is 4.02. The van der Waals surface area contributed by atoms with Gasteiger partial charge in [0.15, 0.2) is 0 Å². The van der Waals surface area contributed by atoms with Crippen LogP contribution in [0.5, 0.6) is 0 Å². The second-order valence-electron chi connectivity index (χ2n) is 6.47. The van der Waals surface area contributed by atoms with E-state index in [0.717, 1.165) is 34.6 Å². The first-order valence-corrected chi connectivity index (χ1v) is 8.45. The lowest BCUT2D eigenvalue weighted by Gasteiger charge is -2.32. The zero-order valence-electron chi connectivity index (χ0n) is 14.8. The van der Waals surface area contributed by atoms with Crippen LogP contribution in [0.25, 0.3) is 11.0 Å². The predicted molar refractivity (Wildman–Crippen MR) is 99.7 cm³/mol. The van der Waals surface area contributed by atoms with Crippen molar-refractivity contribution in [3.05, 3.63) is 71.7 Å². The molecule has 0 spiro atoms. The zero-order chi connectivity index (χ0) is 19.2. The van der Waals surface area contributed by atoms with E-state index >= 15 is 0 Å². The number of benzene rings is 2. The van der Waals surface area contributed by atoms with E-state index in [9.17, 15) is 13.2 Å². The molecule has 0 fully saturated rings. The Labute approximate surface area is 154 Å². The van der Waals surface area contributed by atoms with E-state index in [-0.39, 0.29) is 0 Å². The van der Waals surface area contributed by atoms with E-state index < -0.39 is 18.0 Å². The lowest BCUT2D eigenvalue weighted by molar-refractivity contribution is -0.137. The average molecular weight is 370 g/mol. The molecule has 27 heavy (non-hydrogen) atoms. The standard InChI is InChI=1S/C20H17F3N4/c1-13-11-24-19(27-14(2)25-17-5-3-4-6-18(17)27)26(12-13)16-9-7-15(8-10-16)20(21,22)23/h3-12,19H,1-2H3. The van der Waals surface area contributed by atoms with Crippen molar-refractivity contribution in [2.45, 2.75) is 26.3 Å². The first-order chi connectivity index (χ1) is 12.8. The topological polar surface area (TPSA) is 33.4 Å². The molecule has 2 aromatic carbocycles. The molecular formula is C20H17F3N4. The summed E-state index contributed by atoms with van der Waals surface area (Å²) in [5, 5.41) is 0. The van der Waals surface area contributed by atoms with Gasteiger partial charge in [-0.2, -0.15) is 13.2 Å². The minimum atomic E-state index is -4.36. The summed E-state index contributed by atoms with van der Waals surface area (Å²) in [7, 11) is 0. The van der Waals surface area contributed by atoms with Gasteiger partial charge in [0.25, 0.3) is 0 Å². The summed E-state index contributed by atoms with van der Waals surface area (Å²) in [4.78, 5) is 11.1. The summed E-state index contributed by atoms with van der Waals surface area (Å²) in [5.74, 6) is 0.781. The summed E-state index contributed by atoms with van der Waals surface area (Å²) in [6, 6.07) is 12.8. The summed E-state index contributed by atoms with van der Waals surface area (Å²) in [5.41, 5.74) is 2.63. The van der Waals surface area contributed by atoms with Crippen LogP contribution in [0.1, 0.15) is 24.6 Å².